The monoisotopic (exact) mass is 228 g/mol. The van der Waals surface area contributed by atoms with E-state index in [-0.39, 0.29) is 13.0 Å². The van der Waals surface area contributed by atoms with E-state index in [1.165, 1.54) is 0 Å². The Bertz CT molecular complexity index is 337. The Morgan fingerprint density at radius 3 is 3.00 bits per heavy atom. The van der Waals surface area contributed by atoms with E-state index in [0.29, 0.717) is 12.4 Å². The normalized spacial score (nSPS) is 12.6. The molecule has 1 atom stereocenters. The standard InChI is InChI=1S/C10H16N2O4/c1-2-8-5-12-9(16-8)6-11-4-7(13)3-10(14)15/h5,7,11,13H,2-4,6H2,1H3,(H,14,15). The first kappa shape index (κ1) is 12.7. The molecule has 0 aliphatic carbocycles. The fourth-order valence-electron chi connectivity index (χ4n) is 1.21. The molecule has 0 spiro atoms. The molecule has 1 unspecified atom stereocenters. The minimum Gasteiger partial charge on any atom is -0.481 e. The summed E-state index contributed by atoms with van der Waals surface area (Å²) in [6, 6.07) is 0. The summed E-state index contributed by atoms with van der Waals surface area (Å²) in [6.45, 7) is 2.56. The highest BCUT2D eigenvalue weighted by Crippen LogP contribution is 2.03. The van der Waals surface area contributed by atoms with Crippen LogP contribution < -0.4 is 5.32 Å². The molecular formula is C10H16N2O4. The molecule has 0 aromatic carbocycles. The summed E-state index contributed by atoms with van der Waals surface area (Å²) in [5.41, 5.74) is 0. The van der Waals surface area contributed by atoms with Gasteiger partial charge in [-0.2, -0.15) is 0 Å². The molecule has 16 heavy (non-hydrogen) atoms. The SMILES string of the molecule is CCc1cnc(CNCC(O)CC(=O)O)o1. The zero-order valence-electron chi connectivity index (χ0n) is 9.14. The van der Waals surface area contributed by atoms with Gasteiger partial charge in [-0.15, -0.1) is 0 Å². The second-order valence-electron chi connectivity index (χ2n) is 3.46. The number of aromatic nitrogens is 1. The zero-order valence-corrected chi connectivity index (χ0v) is 9.14. The van der Waals surface area contributed by atoms with Crippen LogP contribution in [0.15, 0.2) is 10.6 Å². The summed E-state index contributed by atoms with van der Waals surface area (Å²) in [5, 5.41) is 20.5. The maximum absolute atomic E-state index is 10.3. The molecule has 1 rings (SSSR count). The van der Waals surface area contributed by atoms with Crippen molar-refractivity contribution in [2.75, 3.05) is 6.54 Å². The van der Waals surface area contributed by atoms with Crippen molar-refractivity contribution in [2.45, 2.75) is 32.4 Å². The Hall–Kier alpha value is -1.40. The third-order valence-electron chi connectivity index (χ3n) is 2.02. The topological polar surface area (TPSA) is 95.6 Å². The lowest BCUT2D eigenvalue weighted by Gasteiger charge is -2.07. The van der Waals surface area contributed by atoms with Crippen LogP contribution in [0, 0.1) is 0 Å². The van der Waals surface area contributed by atoms with Gasteiger partial charge < -0.3 is 19.9 Å². The molecule has 0 saturated carbocycles. The highest BCUT2D eigenvalue weighted by molar-refractivity contribution is 5.67. The van der Waals surface area contributed by atoms with Crippen LogP contribution in [-0.2, 0) is 17.8 Å². The average molecular weight is 228 g/mol. The number of aliphatic carboxylic acids is 1. The van der Waals surface area contributed by atoms with Crippen molar-refractivity contribution in [3.8, 4) is 0 Å². The van der Waals surface area contributed by atoms with Gasteiger partial charge in [0.25, 0.3) is 0 Å². The molecule has 0 amide bonds. The Morgan fingerprint density at radius 2 is 2.44 bits per heavy atom. The van der Waals surface area contributed by atoms with Gasteiger partial charge in [0.15, 0.2) is 0 Å². The number of nitrogens with one attached hydrogen (secondary N) is 1. The van der Waals surface area contributed by atoms with Crippen LogP contribution in [0.5, 0.6) is 0 Å². The Morgan fingerprint density at radius 1 is 1.69 bits per heavy atom. The molecule has 0 aliphatic heterocycles. The molecule has 90 valence electrons. The molecular weight excluding hydrogens is 212 g/mol. The van der Waals surface area contributed by atoms with Crippen LogP contribution in [0.25, 0.3) is 0 Å². The van der Waals surface area contributed by atoms with Crippen LogP contribution in [0.1, 0.15) is 25.0 Å². The first-order valence-electron chi connectivity index (χ1n) is 5.16. The van der Waals surface area contributed by atoms with Crippen molar-refractivity contribution in [3.05, 3.63) is 17.8 Å². The summed E-state index contributed by atoms with van der Waals surface area (Å²) in [6.07, 6.45) is 1.29. The maximum atomic E-state index is 10.3. The van der Waals surface area contributed by atoms with Gasteiger partial charge in [0.2, 0.25) is 5.89 Å². The summed E-state index contributed by atoms with van der Waals surface area (Å²) >= 11 is 0. The molecule has 0 bridgehead atoms. The number of aryl methyl sites for hydroxylation is 1. The summed E-state index contributed by atoms with van der Waals surface area (Å²) in [7, 11) is 0. The van der Waals surface area contributed by atoms with Gasteiger partial charge in [0.1, 0.15) is 5.76 Å². The number of oxazole rings is 1. The zero-order chi connectivity index (χ0) is 12.0. The van der Waals surface area contributed by atoms with E-state index in [9.17, 15) is 9.90 Å². The van der Waals surface area contributed by atoms with Crippen LogP contribution in [0.2, 0.25) is 0 Å². The van der Waals surface area contributed by atoms with Crippen molar-refractivity contribution < 1.29 is 19.4 Å². The van der Waals surface area contributed by atoms with Gasteiger partial charge in [0.05, 0.1) is 25.3 Å². The van der Waals surface area contributed by atoms with Crippen molar-refractivity contribution in [1.29, 1.82) is 0 Å². The first-order valence-corrected chi connectivity index (χ1v) is 5.16. The van der Waals surface area contributed by atoms with Crippen molar-refractivity contribution in [3.63, 3.8) is 0 Å². The maximum Gasteiger partial charge on any atom is 0.306 e. The van der Waals surface area contributed by atoms with Crippen molar-refractivity contribution >= 4 is 5.97 Å². The van der Waals surface area contributed by atoms with Gasteiger partial charge in [0, 0.05) is 13.0 Å². The molecule has 0 radical (unpaired) electrons. The summed E-state index contributed by atoms with van der Waals surface area (Å²) in [5.74, 6) is 0.334. The van der Waals surface area contributed by atoms with E-state index >= 15 is 0 Å². The van der Waals surface area contributed by atoms with E-state index in [1.807, 2.05) is 6.92 Å². The number of carboxylic acid groups (broad SMARTS) is 1. The fourth-order valence-corrected chi connectivity index (χ4v) is 1.21. The highest BCUT2D eigenvalue weighted by atomic mass is 16.4. The Labute approximate surface area is 93.3 Å². The highest BCUT2D eigenvalue weighted by Gasteiger charge is 2.09. The Kier molecular flexibility index (Phi) is 4.94. The number of carboxylic acids is 1. The number of aliphatic hydroxyl groups is 1. The predicted octanol–water partition coefficient (Wildman–Crippen LogP) is 0.162. The van der Waals surface area contributed by atoms with E-state index in [4.69, 9.17) is 9.52 Å². The molecule has 0 fully saturated rings. The first-order chi connectivity index (χ1) is 7.61. The van der Waals surface area contributed by atoms with E-state index in [2.05, 4.69) is 10.3 Å². The molecule has 0 saturated heterocycles. The van der Waals surface area contributed by atoms with Crippen molar-refractivity contribution in [1.82, 2.24) is 10.3 Å². The smallest absolute Gasteiger partial charge is 0.306 e. The lowest BCUT2D eigenvalue weighted by Crippen LogP contribution is -2.28. The van der Waals surface area contributed by atoms with Crippen molar-refractivity contribution in [2.24, 2.45) is 0 Å². The molecule has 1 heterocycles. The van der Waals surface area contributed by atoms with Crippen LogP contribution in [0.3, 0.4) is 0 Å². The van der Waals surface area contributed by atoms with Crippen LogP contribution >= 0.6 is 0 Å². The number of hydrogen-bond donors (Lipinski definition) is 3. The number of nitrogens with zero attached hydrogens (tertiary/aromatic N) is 1. The fraction of sp³-hybridized carbons (Fsp3) is 0.600. The van der Waals surface area contributed by atoms with Gasteiger partial charge in [-0.1, -0.05) is 6.92 Å². The third-order valence-corrected chi connectivity index (χ3v) is 2.02. The second-order valence-corrected chi connectivity index (χ2v) is 3.46. The summed E-state index contributed by atoms with van der Waals surface area (Å²) < 4.78 is 5.32. The molecule has 0 aliphatic rings. The number of rotatable bonds is 7. The minimum atomic E-state index is -1.02. The molecule has 6 heteroatoms. The number of aliphatic hydroxyl groups excluding tert-OH is 1. The molecule has 1 aromatic rings. The largest absolute Gasteiger partial charge is 0.481 e. The van der Waals surface area contributed by atoms with E-state index in [1.54, 1.807) is 6.20 Å². The van der Waals surface area contributed by atoms with Gasteiger partial charge in [-0.3, -0.25) is 4.79 Å². The number of hydrogen-bond acceptors (Lipinski definition) is 5. The van der Waals surface area contributed by atoms with Crippen LogP contribution in [-0.4, -0.2) is 33.8 Å². The van der Waals surface area contributed by atoms with Gasteiger partial charge in [-0.25, -0.2) is 4.98 Å². The lowest BCUT2D eigenvalue weighted by atomic mass is 10.2. The van der Waals surface area contributed by atoms with E-state index in [0.717, 1.165) is 12.2 Å². The molecule has 3 N–H and O–H groups in total. The third kappa shape index (κ3) is 4.41. The summed E-state index contributed by atoms with van der Waals surface area (Å²) in [4.78, 5) is 14.3. The second kappa shape index (κ2) is 6.24. The lowest BCUT2D eigenvalue weighted by molar-refractivity contribution is -0.139. The Balaban J connectivity index is 2.22. The van der Waals surface area contributed by atoms with E-state index < -0.39 is 12.1 Å². The quantitative estimate of drug-likeness (QED) is 0.615. The average Bonchev–Trinajstić information content (AvgIpc) is 2.64. The van der Waals surface area contributed by atoms with Gasteiger partial charge >= 0.3 is 5.97 Å². The number of carbonyl (C=O) groups is 1. The van der Waals surface area contributed by atoms with Gasteiger partial charge in [-0.05, 0) is 0 Å². The minimum absolute atomic E-state index is 0.205. The predicted molar refractivity (Wildman–Crippen MR) is 55.8 cm³/mol. The molecule has 1 aromatic heterocycles. The van der Waals surface area contributed by atoms with Crippen LogP contribution in [0.4, 0.5) is 0 Å². The molecule has 6 nitrogen and oxygen atoms in total.